The molecular weight excluding hydrogens is 234 g/mol. The molecule has 0 aliphatic heterocycles. The molecule has 3 nitrogen and oxygen atoms in total. The van der Waals surface area contributed by atoms with Crippen molar-refractivity contribution in [3.63, 3.8) is 0 Å². The highest BCUT2D eigenvalue weighted by molar-refractivity contribution is 9.09. The van der Waals surface area contributed by atoms with Crippen molar-refractivity contribution in [2.45, 2.75) is 25.1 Å². The Morgan fingerprint density at radius 3 is 2.62 bits per heavy atom. The minimum Gasteiger partial charge on any atom is -0.384 e. The van der Waals surface area contributed by atoms with Crippen LogP contribution in [0.3, 0.4) is 0 Å². The maximum Gasteiger partial charge on any atom is 0.222 e. The van der Waals surface area contributed by atoms with Crippen molar-refractivity contribution in [3.05, 3.63) is 0 Å². The second kappa shape index (κ2) is 7.33. The van der Waals surface area contributed by atoms with Gasteiger partial charge in [-0.1, -0.05) is 29.8 Å². The van der Waals surface area contributed by atoms with Crippen LogP contribution in [0.15, 0.2) is 0 Å². The van der Waals surface area contributed by atoms with Gasteiger partial charge in [-0.3, -0.25) is 4.79 Å². The first kappa shape index (κ1) is 12.9. The lowest BCUT2D eigenvalue weighted by Gasteiger charge is -2.10. The molecule has 0 rings (SSSR count). The standard InChI is InChI=1S/C9H18BrNO2/c1-7(2)9(12)11-5-4-8(10)6-13-3/h7-8H,4-6H2,1-3H3,(H,11,12). The summed E-state index contributed by atoms with van der Waals surface area (Å²) in [5.74, 6) is 0.174. The predicted octanol–water partition coefficient (Wildman–Crippen LogP) is 1.56. The SMILES string of the molecule is COCC(Br)CCNC(=O)C(C)C. The first-order valence-corrected chi connectivity index (χ1v) is 5.40. The number of carbonyl (C=O) groups excluding carboxylic acids is 1. The van der Waals surface area contributed by atoms with Crippen LogP contribution in [0, 0.1) is 5.92 Å². The molecule has 0 radical (unpaired) electrons. The minimum atomic E-state index is 0.0659. The van der Waals surface area contributed by atoms with Gasteiger partial charge < -0.3 is 10.1 Å². The van der Waals surface area contributed by atoms with Crippen molar-refractivity contribution in [3.8, 4) is 0 Å². The van der Waals surface area contributed by atoms with E-state index in [4.69, 9.17) is 4.74 Å². The molecule has 13 heavy (non-hydrogen) atoms. The molecule has 1 unspecified atom stereocenters. The van der Waals surface area contributed by atoms with Crippen LogP contribution >= 0.6 is 15.9 Å². The molecule has 1 N–H and O–H groups in total. The predicted molar refractivity (Wildman–Crippen MR) is 57.1 cm³/mol. The second-order valence-electron chi connectivity index (χ2n) is 3.29. The Bertz CT molecular complexity index is 151. The average molecular weight is 252 g/mol. The maximum atomic E-state index is 11.1. The van der Waals surface area contributed by atoms with Crippen LogP contribution in [-0.2, 0) is 9.53 Å². The van der Waals surface area contributed by atoms with Crippen molar-refractivity contribution in [1.29, 1.82) is 0 Å². The van der Waals surface area contributed by atoms with Gasteiger partial charge in [-0.05, 0) is 6.42 Å². The first-order chi connectivity index (χ1) is 6.07. The monoisotopic (exact) mass is 251 g/mol. The number of amides is 1. The van der Waals surface area contributed by atoms with Crippen LogP contribution < -0.4 is 5.32 Å². The van der Waals surface area contributed by atoms with E-state index >= 15 is 0 Å². The summed E-state index contributed by atoms with van der Waals surface area (Å²) in [6.07, 6.45) is 0.895. The highest BCUT2D eigenvalue weighted by Gasteiger charge is 2.07. The number of methoxy groups -OCH3 is 1. The summed E-state index contributed by atoms with van der Waals surface area (Å²) in [5.41, 5.74) is 0. The molecule has 1 amide bonds. The summed E-state index contributed by atoms with van der Waals surface area (Å²) in [4.78, 5) is 11.4. The number of carbonyl (C=O) groups is 1. The van der Waals surface area contributed by atoms with Crippen LogP contribution in [0.5, 0.6) is 0 Å². The van der Waals surface area contributed by atoms with Crippen molar-refractivity contribution in [1.82, 2.24) is 5.32 Å². The molecule has 0 aromatic carbocycles. The molecule has 78 valence electrons. The summed E-state index contributed by atoms with van der Waals surface area (Å²) >= 11 is 3.45. The third-order valence-electron chi connectivity index (χ3n) is 1.63. The van der Waals surface area contributed by atoms with E-state index in [9.17, 15) is 4.79 Å². The Hall–Kier alpha value is -0.0900. The fraction of sp³-hybridized carbons (Fsp3) is 0.889. The van der Waals surface area contributed by atoms with Gasteiger partial charge >= 0.3 is 0 Å². The molecule has 0 aromatic heterocycles. The number of nitrogens with one attached hydrogen (secondary N) is 1. The molecule has 0 heterocycles. The van der Waals surface area contributed by atoms with Crippen molar-refractivity contribution in [2.24, 2.45) is 5.92 Å². The summed E-state index contributed by atoms with van der Waals surface area (Å²) in [5, 5.41) is 2.85. The molecule has 0 aromatic rings. The molecular formula is C9H18BrNO2. The van der Waals surface area contributed by atoms with Crippen LogP contribution in [-0.4, -0.2) is 31.0 Å². The van der Waals surface area contributed by atoms with Gasteiger partial charge in [0.1, 0.15) is 0 Å². The number of ether oxygens (including phenoxy) is 1. The zero-order valence-electron chi connectivity index (χ0n) is 8.47. The van der Waals surface area contributed by atoms with E-state index in [0.717, 1.165) is 6.42 Å². The van der Waals surface area contributed by atoms with Crippen molar-refractivity contribution >= 4 is 21.8 Å². The van der Waals surface area contributed by atoms with Crippen LogP contribution in [0.25, 0.3) is 0 Å². The van der Waals surface area contributed by atoms with Gasteiger partial charge in [-0.2, -0.15) is 0 Å². The highest BCUT2D eigenvalue weighted by Crippen LogP contribution is 2.04. The van der Waals surface area contributed by atoms with Gasteiger partial charge in [0.25, 0.3) is 0 Å². The van der Waals surface area contributed by atoms with Gasteiger partial charge in [0.05, 0.1) is 6.61 Å². The zero-order valence-corrected chi connectivity index (χ0v) is 10.1. The zero-order chi connectivity index (χ0) is 10.3. The molecule has 0 aliphatic carbocycles. The molecule has 0 bridgehead atoms. The van der Waals surface area contributed by atoms with E-state index in [2.05, 4.69) is 21.2 Å². The largest absolute Gasteiger partial charge is 0.384 e. The lowest BCUT2D eigenvalue weighted by molar-refractivity contribution is -0.123. The van der Waals surface area contributed by atoms with E-state index < -0.39 is 0 Å². The molecule has 1 atom stereocenters. The summed E-state index contributed by atoms with van der Waals surface area (Å²) in [6, 6.07) is 0. The summed E-state index contributed by atoms with van der Waals surface area (Å²) in [7, 11) is 1.67. The molecule has 4 heteroatoms. The summed E-state index contributed by atoms with van der Waals surface area (Å²) < 4.78 is 4.95. The Morgan fingerprint density at radius 2 is 2.15 bits per heavy atom. The van der Waals surface area contributed by atoms with E-state index in [1.807, 2.05) is 13.8 Å². The Morgan fingerprint density at radius 1 is 1.54 bits per heavy atom. The number of rotatable bonds is 6. The number of halogens is 1. The minimum absolute atomic E-state index is 0.0659. The third-order valence-corrected chi connectivity index (χ3v) is 2.35. The quantitative estimate of drug-likeness (QED) is 0.728. The van der Waals surface area contributed by atoms with E-state index in [1.54, 1.807) is 7.11 Å². The van der Waals surface area contributed by atoms with E-state index in [0.29, 0.717) is 18.0 Å². The fourth-order valence-corrected chi connectivity index (χ4v) is 1.31. The summed E-state index contributed by atoms with van der Waals surface area (Å²) in [6.45, 7) is 5.15. The smallest absolute Gasteiger partial charge is 0.222 e. The Kier molecular flexibility index (Phi) is 7.28. The second-order valence-corrected chi connectivity index (χ2v) is 4.58. The molecule has 0 spiro atoms. The van der Waals surface area contributed by atoms with Gasteiger partial charge in [-0.15, -0.1) is 0 Å². The average Bonchev–Trinajstić information content (AvgIpc) is 2.04. The lowest BCUT2D eigenvalue weighted by atomic mass is 10.2. The number of hydrogen-bond donors (Lipinski definition) is 1. The third kappa shape index (κ3) is 7.02. The van der Waals surface area contributed by atoms with E-state index in [-0.39, 0.29) is 11.8 Å². The normalized spacial score (nSPS) is 13.0. The number of hydrogen-bond acceptors (Lipinski definition) is 2. The van der Waals surface area contributed by atoms with Gasteiger partial charge in [-0.25, -0.2) is 0 Å². The fourth-order valence-electron chi connectivity index (χ4n) is 0.820. The van der Waals surface area contributed by atoms with Gasteiger partial charge in [0.2, 0.25) is 5.91 Å². The lowest BCUT2D eigenvalue weighted by Crippen LogP contribution is -2.30. The van der Waals surface area contributed by atoms with Gasteiger partial charge in [0.15, 0.2) is 0 Å². The van der Waals surface area contributed by atoms with Crippen molar-refractivity contribution in [2.75, 3.05) is 20.3 Å². The highest BCUT2D eigenvalue weighted by atomic mass is 79.9. The Labute approximate surface area is 88.4 Å². The van der Waals surface area contributed by atoms with Crippen molar-refractivity contribution < 1.29 is 9.53 Å². The van der Waals surface area contributed by atoms with Crippen LogP contribution in [0.1, 0.15) is 20.3 Å². The molecule has 0 saturated heterocycles. The van der Waals surface area contributed by atoms with Gasteiger partial charge in [0, 0.05) is 24.4 Å². The number of alkyl halides is 1. The maximum absolute atomic E-state index is 11.1. The first-order valence-electron chi connectivity index (χ1n) is 4.48. The van der Waals surface area contributed by atoms with E-state index in [1.165, 1.54) is 0 Å². The van der Waals surface area contributed by atoms with Crippen LogP contribution in [0.2, 0.25) is 0 Å². The van der Waals surface area contributed by atoms with Crippen LogP contribution in [0.4, 0.5) is 0 Å². The molecule has 0 fully saturated rings. The molecule has 0 aliphatic rings. The topological polar surface area (TPSA) is 38.3 Å². The Balaban J connectivity index is 3.39. The molecule has 0 saturated carbocycles.